The predicted molar refractivity (Wildman–Crippen MR) is 92.6 cm³/mol. The van der Waals surface area contributed by atoms with Gasteiger partial charge in [-0.2, -0.15) is 5.10 Å². The van der Waals surface area contributed by atoms with E-state index in [1.165, 1.54) is 19.2 Å². The van der Waals surface area contributed by atoms with Crippen LogP contribution in [0.2, 0.25) is 5.15 Å². The molecule has 1 amide bonds. The van der Waals surface area contributed by atoms with E-state index in [4.69, 9.17) is 11.6 Å². The van der Waals surface area contributed by atoms with Gasteiger partial charge in [0.1, 0.15) is 11.0 Å². The number of halogens is 2. The summed E-state index contributed by atoms with van der Waals surface area (Å²) < 4.78 is 20.1. The lowest BCUT2D eigenvalue weighted by Gasteiger charge is -2.08. The quantitative estimate of drug-likeness (QED) is 0.787. The van der Waals surface area contributed by atoms with Crippen LogP contribution in [0.15, 0.2) is 18.2 Å². The summed E-state index contributed by atoms with van der Waals surface area (Å²) in [5, 5.41) is 6.89. The largest absolute Gasteiger partial charge is 0.465 e. The van der Waals surface area contributed by atoms with Crippen molar-refractivity contribution in [3.05, 3.63) is 46.0 Å². The van der Waals surface area contributed by atoms with Gasteiger partial charge in [0, 0.05) is 6.54 Å². The van der Waals surface area contributed by atoms with Gasteiger partial charge in [-0.1, -0.05) is 24.9 Å². The topological polar surface area (TPSA) is 73.2 Å². The van der Waals surface area contributed by atoms with E-state index >= 15 is 0 Å². The third-order valence-electron chi connectivity index (χ3n) is 3.65. The van der Waals surface area contributed by atoms with Crippen LogP contribution < -0.4 is 5.32 Å². The molecule has 134 valence electrons. The highest BCUT2D eigenvalue weighted by Crippen LogP contribution is 2.23. The smallest absolute Gasteiger partial charge is 0.337 e. The first-order valence-electron chi connectivity index (χ1n) is 7.81. The highest BCUT2D eigenvalue weighted by atomic mass is 35.5. The highest BCUT2D eigenvalue weighted by molar-refractivity contribution is 6.33. The van der Waals surface area contributed by atoms with Gasteiger partial charge in [0.2, 0.25) is 0 Å². The second-order valence-corrected chi connectivity index (χ2v) is 5.83. The number of rotatable bonds is 6. The summed E-state index contributed by atoms with van der Waals surface area (Å²) in [5.41, 5.74) is 0.620. The molecule has 0 aliphatic heterocycles. The Morgan fingerprint density at radius 3 is 2.76 bits per heavy atom. The average molecular weight is 368 g/mol. The van der Waals surface area contributed by atoms with Gasteiger partial charge in [-0.25, -0.2) is 9.18 Å². The van der Waals surface area contributed by atoms with Crippen molar-refractivity contribution < 1.29 is 18.7 Å². The minimum Gasteiger partial charge on any atom is -0.465 e. The number of hydrogen-bond donors (Lipinski definition) is 1. The lowest BCUT2D eigenvalue weighted by molar-refractivity contribution is 0.0600. The number of anilines is 1. The van der Waals surface area contributed by atoms with Gasteiger partial charge < -0.3 is 10.1 Å². The second kappa shape index (κ2) is 8.11. The summed E-state index contributed by atoms with van der Waals surface area (Å²) in [5.74, 6) is -1.89. The molecule has 1 aromatic carbocycles. The fraction of sp³-hybridized carbons (Fsp3) is 0.353. The number of aromatic nitrogens is 2. The predicted octanol–water partition coefficient (Wildman–Crippen LogP) is 3.82. The molecular formula is C17H19ClFN3O3. The van der Waals surface area contributed by atoms with Crippen LogP contribution in [-0.2, 0) is 11.3 Å². The minimum absolute atomic E-state index is 0.126. The van der Waals surface area contributed by atoms with Crippen molar-refractivity contribution in [3.8, 4) is 0 Å². The number of esters is 1. The summed E-state index contributed by atoms with van der Waals surface area (Å²) in [6, 6.07) is 3.57. The number of nitrogens with zero attached hydrogens (tertiary/aromatic N) is 2. The molecule has 1 aromatic heterocycles. The average Bonchev–Trinajstić information content (AvgIpc) is 2.87. The molecule has 1 heterocycles. The Bertz CT molecular complexity index is 805. The third kappa shape index (κ3) is 4.17. The van der Waals surface area contributed by atoms with Crippen LogP contribution in [0.3, 0.4) is 0 Å². The maximum absolute atomic E-state index is 14.0. The molecule has 0 fully saturated rings. The van der Waals surface area contributed by atoms with Gasteiger partial charge in [-0.05, 0) is 31.5 Å². The molecule has 0 unspecified atom stereocenters. The zero-order chi connectivity index (χ0) is 18.6. The van der Waals surface area contributed by atoms with Crippen LogP contribution in [-0.4, -0.2) is 28.8 Å². The zero-order valence-electron chi connectivity index (χ0n) is 14.2. The van der Waals surface area contributed by atoms with Crippen LogP contribution in [0.25, 0.3) is 0 Å². The van der Waals surface area contributed by atoms with E-state index in [1.807, 2.05) is 6.92 Å². The Kier molecular flexibility index (Phi) is 6.14. The Hall–Kier alpha value is -2.41. The number of ether oxygens (including phenoxy) is 1. The number of nitrogens with one attached hydrogen (secondary N) is 1. The standard InChI is InChI=1S/C17H19ClFN3O3/c1-4-5-8-22-15(18)14(10(2)21-22)16(23)20-13-9-11(17(24)25-3)6-7-12(13)19/h6-7,9H,4-5,8H2,1-3H3,(H,20,23). The lowest BCUT2D eigenvalue weighted by atomic mass is 10.1. The van der Waals surface area contributed by atoms with Crippen molar-refractivity contribution in [2.45, 2.75) is 33.2 Å². The summed E-state index contributed by atoms with van der Waals surface area (Å²) in [6.45, 7) is 4.29. The van der Waals surface area contributed by atoms with E-state index in [1.54, 1.807) is 11.6 Å². The molecule has 25 heavy (non-hydrogen) atoms. The van der Waals surface area contributed by atoms with Crippen molar-refractivity contribution in [2.75, 3.05) is 12.4 Å². The van der Waals surface area contributed by atoms with Crippen molar-refractivity contribution in [3.63, 3.8) is 0 Å². The van der Waals surface area contributed by atoms with E-state index in [2.05, 4.69) is 15.2 Å². The molecule has 0 radical (unpaired) electrons. The number of aryl methyl sites for hydroxylation is 2. The van der Waals surface area contributed by atoms with Gasteiger partial charge in [-0.15, -0.1) is 0 Å². The molecule has 0 saturated carbocycles. The van der Waals surface area contributed by atoms with Gasteiger partial charge >= 0.3 is 5.97 Å². The van der Waals surface area contributed by atoms with Gasteiger partial charge in [0.25, 0.3) is 5.91 Å². The van der Waals surface area contributed by atoms with E-state index in [0.717, 1.165) is 18.9 Å². The van der Waals surface area contributed by atoms with E-state index in [9.17, 15) is 14.0 Å². The number of methoxy groups -OCH3 is 1. The molecular weight excluding hydrogens is 349 g/mol. The summed E-state index contributed by atoms with van der Waals surface area (Å²) in [6.07, 6.45) is 1.83. The molecule has 6 nitrogen and oxygen atoms in total. The fourth-order valence-corrected chi connectivity index (χ4v) is 2.66. The SMILES string of the molecule is CCCCn1nc(C)c(C(=O)Nc2cc(C(=O)OC)ccc2F)c1Cl. The molecule has 0 bridgehead atoms. The summed E-state index contributed by atoms with van der Waals surface area (Å²) >= 11 is 6.24. The monoisotopic (exact) mass is 367 g/mol. The number of amides is 1. The number of unbranched alkanes of at least 4 members (excludes halogenated alkanes) is 1. The Balaban J connectivity index is 2.28. The highest BCUT2D eigenvalue weighted by Gasteiger charge is 2.21. The number of carbonyl (C=O) groups is 2. The summed E-state index contributed by atoms with van der Waals surface area (Å²) in [7, 11) is 1.22. The molecule has 0 aliphatic rings. The van der Waals surface area contributed by atoms with Gasteiger partial charge in [-0.3, -0.25) is 9.48 Å². The molecule has 0 spiro atoms. The maximum Gasteiger partial charge on any atom is 0.337 e. The first-order chi connectivity index (χ1) is 11.9. The van der Waals surface area contributed by atoms with Crippen LogP contribution >= 0.6 is 11.6 Å². The summed E-state index contributed by atoms with van der Waals surface area (Å²) in [4.78, 5) is 24.1. The van der Waals surface area contributed by atoms with Crippen LogP contribution in [0.5, 0.6) is 0 Å². The Morgan fingerprint density at radius 2 is 2.12 bits per heavy atom. The lowest BCUT2D eigenvalue weighted by Crippen LogP contribution is -2.15. The van der Waals surface area contributed by atoms with E-state index < -0.39 is 17.7 Å². The molecule has 2 aromatic rings. The third-order valence-corrected chi connectivity index (χ3v) is 4.04. The number of benzene rings is 1. The van der Waals surface area contributed by atoms with Gasteiger partial charge in [0.05, 0.1) is 29.6 Å². The minimum atomic E-state index is -0.673. The van der Waals surface area contributed by atoms with Crippen LogP contribution in [0, 0.1) is 12.7 Å². The zero-order valence-corrected chi connectivity index (χ0v) is 15.0. The van der Waals surface area contributed by atoms with E-state index in [-0.39, 0.29) is 22.0 Å². The molecule has 0 saturated heterocycles. The first kappa shape index (κ1) is 18.9. The van der Waals surface area contributed by atoms with E-state index in [0.29, 0.717) is 12.2 Å². The second-order valence-electron chi connectivity index (χ2n) is 5.47. The van der Waals surface area contributed by atoms with Gasteiger partial charge in [0.15, 0.2) is 0 Å². The number of hydrogen-bond acceptors (Lipinski definition) is 4. The Morgan fingerprint density at radius 1 is 1.40 bits per heavy atom. The van der Waals surface area contributed by atoms with Crippen molar-refractivity contribution in [1.82, 2.24) is 9.78 Å². The first-order valence-corrected chi connectivity index (χ1v) is 8.19. The fourth-order valence-electron chi connectivity index (χ4n) is 2.32. The number of carbonyl (C=O) groups excluding carboxylic acids is 2. The normalized spacial score (nSPS) is 10.6. The molecule has 2 rings (SSSR count). The van der Waals surface area contributed by atoms with Crippen molar-refractivity contribution >= 4 is 29.2 Å². The molecule has 0 atom stereocenters. The molecule has 0 aliphatic carbocycles. The van der Waals surface area contributed by atoms with Crippen LogP contribution in [0.4, 0.5) is 10.1 Å². The van der Waals surface area contributed by atoms with Crippen molar-refractivity contribution in [2.24, 2.45) is 0 Å². The molecule has 1 N–H and O–H groups in total. The Labute approximate surface area is 149 Å². The van der Waals surface area contributed by atoms with Crippen LogP contribution in [0.1, 0.15) is 46.2 Å². The maximum atomic E-state index is 14.0. The molecule has 8 heteroatoms. The van der Waals surface area contributed by atoms with Crippen molar-refractivity contribution in [1.29, 1.82) is 0 Å².